The van der Waals surface area contributed by atoms with Gasteiger partial charge in [-0.15, -0.1) is 23.1 Å². The SMILES string of the molecule is N#Cc1c(NC(=O)C(Sc2cccc(NC(=O)/C(=C\c3c(F)cccc3Cl)NC(=O)c3ccccc3)c2)c2ccccc2)sc2c1CCC(c1ccccc1)C2. The van der Waals surface area contributed by atoms with E-state index < -0.39 is 22.9 Å². The van der Waals surface area contributed by atoms with Gasteiger partial charge in [0, 0.05) is 26.6 Å². The Morgan fingerprint density at radius 1 is 0.875 bits per heavy atom. The van der Waals surface area contributed by atoms with Gasteiger partial charge in [-0.05, 0) is 90.4 Å². The number of nitriles is 1. The summed E-state index contributed by atoms with van der Waals surface area (Å²) < 4.78 is 14.8. The van der Waals surface area contributed by atoms with Crippen LogP contribution in [0.4, 0.5) is 15.1 Å². The van der Waals surface area contributed by atoms with Crippen molar-refractivity contribution >= 4 is 69.2 Å². The molecular formula is C45H34ClFN4O3S2. The van der Waals surface area contributed by atoms with Gasteiger partial charge >= 0.3 is 0 Å². The third-order valence-electron chi connectivity index (χ3n) is 9.39. The third-order valence-corrected chi connectivity index (χ3v) is 12.1. The van der Waals surface area contributed by atoms with Crippen LogP contribution >= 0.6 is 34.7 Å². The summed E-state index contributed by atoms with van der Waals surface area (Å²) >= 11 is 9.04. The first-order chi connectivity index (χ1) is 27.3. The van der Waals surface area contributed by atoms with Gasteiger partial charge in [0.15, 0.2) is 0 Å². The first-order valence-electron chi connectivity index (χ1n) is 17.8. The smallest absolute Gasteiger partial charge is 0.272 e. The Hall–Kier alpha value is -5.99. The van der Waals surface area contributed by atoms with Crippen molar-refractivity contribution < 1.29 is 18.8 Å². The quantitative estimate of drug-likeness (QED) is 0.0893. The zero-order valence-electron chi connectivity index (χ0n) is 29.8. The number of nitrogens with zero attached hydrogens (tertiary/aromatic N) is 1. The van der Waals surface area contributed by atoms with E-state index in [1.165, 1.54) is 52.9 Å². The molecule has 6 aromatic rings. The molecule has 0 bridgehead atoms. The average Bonchev–Trinajstić information content (AvgIpc) is 3.57. The summed E-state index contributed by atoms with van der Waals surface area (Å²) in [6.07, 6.45) is 3.70. The number of benzene rings is 5. The van der Waals surface area contributed by atoms with Gasteiger partial charge in [0.25, 0.3) is 11.8 Å². The monoisotopic (exact) mass is 796 g/mol. The lowest BCUT2D eigenvalue weighted by Gasteiger charge is -2.22. The number of halogens is 2. The highest BCUT2D eigenvalue weighted by molar-refractivity contribution is 8.00. The van der Waals surface area contributed by atoms with Gasteiger partial charge in [-0.1, -0.05) is 103 Å². The molecule has 0 spiro atoms. The van der Waals surface area contributed by atoms with Crippen molar-refractivity contribution in [3.8, 4) is 6.07 Å². The molecule has 0 saturated carbocycles. The van der Waals surface area contributed by atoms with Crippen LogP contribution in [-0.4, -0.2) is 17.7 Å². The van der Waals surface area contributed by atoms with Crippen LogP contribution in [0.5, 0.6) is 0 Å². The molecule has 0 radical (unpaired) electrons. The van der Waals surface area contributed by atoms with Crippen molar-refractivity contribution in [2.75, 3.05) is 10.6 Å². The summed E-state index contributed by atoms with van der Waals surface area (Å²) in [6.45, 7) is 0. The summed E-state index contributed by atoms with van der Waals surface area (Å²) in [5.74, 6) is -1.89. The number of hydrogen-bond donors (Lipinski definition) is 3. The molecule has 1 aliphatic carbocycles. The third kappa shape index (κ3) is 8.93. The molecule has 11 heteroatoms. The molecular weight excluding hydrogens is 763 g/mol. The predicted molar refractivity (Wildman–Crippen MR) is 222 cm³/mol. The number of rotatable bonds is 11. The van der Waals surface area contributed by atoms with Crippen LogP contribution in [0, 0.1) is 17.1 Å². The number of thiophene rings is 1. The minimum Gasteiger partial charge on any atom is -0.321 e. The zero-order valence-corrected chi connectivity index (χ0v) is 32.2. The number of carbonyl (C=O) groups excluding carboxylic acids is 3. The number of fused-ring (bicyclic) bond motifs is 1. The molecule has 2 unspecified atom stereocenters. The first kappa shape index (κ1) is 38.3. The highest BCUT2D eigenvalue weighted by Crippen LogP contribution is 2.44. The van der Waals surface area contributed by atoms with E-state index in [1.54, 1.807) is 48.5 Å². The minimum absolute atomic E-state index is 0.0594. The molecule has 5 aromatic carbocycles. The van der Waals surface area contributed by atoms with E-state index in [-0.39, 0.29) is 22.2 Å². The predicted octanol–water partition coefficient (Wildman–Crippen LogP) is 10.6. The van der Waals surface area contributed by atoms with Gasteiger partial charge < -0.3 is 16.0 Å². The number of hydrogen-bond acceptors (Lipinski definition) is 6. The average molecular weight is 797 g/mol. The van der Waals surface area contributed by atoms with E-state index in [1.807, 2.05) is 54.6 Å². The Bertz CT molecular complexity index is 2450. The van der Waals surface area contributed by atoms with E-state index in [0.717, 1.165) is 35.3 Å². The van der Waals surface area contributed by atoms with Crippen LogP contribution in [0.25, 0.3) is 6.08 Å². The van der Waals surface area contributed by atoms with Crippen molar-refractivity contribution in [3.63, 3.8) is 0 Å². The molecule has 0 saturated heterocycles. The molecule has 3 N–H and O–H groups in total. The minimum atomic E-state index is -0.715. The number of amides is 3. The maximum Gasteiger partial charge on any atom is 0.272 e. The van der Waals surface area contributed by atoms with E-state index in [0.29, 0.717) is 32.6 Å². The van der Waals surface area contributed by atoms with E-state index in [4.69, 9.17) is 11.6 Å². The largest absolute Gasteiger partial charge is 0.321 e. The lowest BCUT2D eigenvalue weighted by Crippen LogP contribution is -2.30. The van der Waals surface area contributed by atoms with Crippen molar-refractivity contribution in [2.45, 2.75) is 35.3 Å². The van der Waals surface area contributed by atoms with Gasteiger partial charge in [0.1, 0.15) is 27.8 Å². The van der Waals surface area contributed by atoms with Crippen LogP contribution in [0.3, 0.4) is 0 Å². The second-order valence-electron chi connectivity index (χ2n) is 13.1. The molecule has 3 amide bonds. The summed E-state index contributed by atoms with van der Waals surface area (Å²) in [5.41, 5.74) is 3.94. The van der Waals surface area contributed by atoms with Crippen LogP contribution in [0.15, 0.2) is 144 Å². The Morgan fingerprint density at radius 2 is 1.57 bits per heavy atom. The van der Waals surface area contributed by atoms with Crippen molar-refractivity contribution in [3.05, 3.63) is 188 Å². The fraction of sp³-hybridized carbons (Fsp3) is 0.111. The summed E-state index contributed by atoms with van der Waals surface area (Å²) in [6, 6.07) is 41.5. The van der Waals surface area contributed by atoms with Gasteiger partial charge in [-0.2, -0.15) is 5.26 Å². The molecule has 1 heterocycles. The number of nitrogens with one attached hydrogen (secondary N) is 3. The lowest BCUT2D eigenvalue weighted by molar-refractivity contribution is -0.116. The number of thioether (sulfide) groups is 1. The topological polar surface area (TPSA) is 111 Å². The summed E-state index contributed by atoms with van der Waals surface area (Å²) in [4.78, 5) is 42.9. The van der Waals surface area contributed by atoms with Gasteiger partial charge in [-0.3, -0.25) is 14.4 Å². The fourth-order valence-corrected chi connectivity index (χ4v) is 9.18. The molecule has 278 valence electrons. The van der Waals surface area contributed by atoms with E-state index in [9.17, 15) is 24.0 Å². The Balaban J connectivity index is 1.12. The van der Waals surface area contributed by atoms with Crippen LogP contribution in [0.2, 0.25) is 5.02 Å². The van der Waals surface area contributed by atoms with Gasteiger partial charge in [-0.25, -0.2) is 4.39 Å². The van der Waals surface area contributed by atoms with Crippen molar-refractivity contribution in [1.29, 1.82) is 5.26 Å². The summed E-state index contributed by atoms with van der Waals surface area (Å²) in [7, 11) is 0. The number of carbonyl (C=O) groups is 3. The van der Waals surface area contributed by atoms with Crippen molar-refractivity contribution in [1.82, 2.24) is 5.32 Å². The fourth-order valence-electron chi connectivity index (χ4n) is 6.60. The first-order valence-corrected chi connectivity index (χ1v) is 19.9. The molecule has 7 rings (SSSR count). The highest BCUT2D eigenvalue weighted by atomic mass is 35.5. The van der Waals surface area contributed by atoms with E-state index in [2.05, 4.69) is 34.2 Å². The Labute approximate surface area is 337 Å². The molecule has 7 nitrogen and oxygen atoms in total. The van der Waals surface area contributed by atoms with E-state index >= 15 is 0 Å². The maximum absolute atomic E-state index is 14.8. The number of anilines is 2. The Morgan fingerprint density at radius 3 is 2.29 bits per heavy atom. The van der Waals surface area contributed by atoms with Crippen LogP contribution in [0.1, 0.15) is 60.6 Å². The normalized spacial score (nSPS) is 14.2. The highest BCUT2D eigenvalue weighted by Gasteiger charge is 2.30. The Kier molecular flexibility index (Phi) is 12.1. The van der Waals surface area contributed by atoms with Crippen LogP contribution in [-0.2, 0) is 22.4 Å². The molecule has 0 aliphatic heterocycles. The summed E-state index contributed by atoms with van der Waals surface area (Å²) in [5, 5.41) is 18.6. The standard InChI is InChI=1S/C45H34ClFN4O3S2/c46-37-20-11-21-38(47)35(37)26-39(50-42(52)30-16-8-3-9-17-30)43(53)49-32-18-10-19-33(25-32)55-41(29-14-6-2-7-15-29)44(54)51-45-36(27-48)34-23-22-31(24-40(34)56-45)28-12-4-1-5-13-28/h1-21,25-26,31,41H,22-24H2,(H,49,53)(H,50,52)(H,51,54)/b39-26+. The van der Waals surface area contributed by atoms with Gasteiger partial charge in [0.2, 0.25) is 5.91 Å². The molecule has 0 fully saturated rings. The second-order valence-corrected chi connectivity index (χ2v) is 15.8. The zero-order chi connectivity index (χ0) is 39.0. The molecule has 1 aromatic heterocycles. The van der Waals surface area contributed by atoms with Crippen molar-refractivity contribution in [2.24, 2.45) is 0 Å². The van der Waals surface area contributed by atoms with Crippen LogP contribution < -0.4 is 16.0 Å². The lowest BCUT2D eigenvalue weighted by atomic mass is 9.83. The maximum atomic E-state index is 14.8. The second kappa shape index (κ2) is 17.6. The molecule has 2 atom stereocenters. The molecule has 56 heavy (non-hydrogen) atoms. The molecule has 1 aliphatic rings. The van der Waals surface area contributed by atoms with Gasteiger partial charge in [0.05, 0.1) is 10.6 Å².